The van der Waals surface area contributed by atoms with E-state index in [-0.39, 0.29) is 23.4 Å². The van der Waals surface area contributed by atoms with Crippen molar-refractivity contribution < 1.29 is 17.9 Å². The molecular weight excluding hydrogens is 454 g/mol. The number of aromatic nitrogens is 1. The van der Waals surface area contributed by atoms with Crippen LogP contribution in [-0.4, -0.2) is 43.4 Å². The highest BCUT2D eigenvalue weighted by molar-refractivity contribution is 7.89. The summed E-state index contributed by atoms with van der Waals surface area (Å²) in [5, 5.41) is 3.43. The van der Waals surface area contributed by atoms with Crippen LogP contribution in [0.5, 0.6) is 5.75 Å². The summed E-state index contributed by atoms with van der Waals surface area (Å²) >= 11 is 0. The van der Waals surface area contributed by atoms with Gasteiger partial charge < -0.3 is 14.6 Å². The molecule has 34 heavy (non-hydrogen) atoms. The van der Waals surface area contributed by atoms with Crippen molar-refractivity contribution in [3.63, 3.8) is 0 Å². The average Bonchev–Trinajstić information content (AvgIpc) is 2.85. The van der Waals surface area contributed by atoms with Gasteiger partial charge in [-0.15, -0.1) is 0 Å². The third kappa shape index (κ3) is 4.85. The molecule has 180 valence electrons. The molecule has 8 nitrogen and oxygen atoms in total. The number of piperidine rings is 1. The molecule has 9 heteroatoms. The molecule has 1 fully saturated rings. The van der Waals surface area contributed by atoms with E-state index in [1.807, 2.05) is 18.2 Å². The number of rotatable bonds is 7. The number of pyridine rings is 1. The van der Waals surface area contributed by atoms with Crippen molar-refractivity contribution in [2.24, 2.45) is 5.92 Å². The highest BCUT2D eigenvalue weighted by Gasteiger charge is 2.30. The first-order chi connectivity index (χ1) is 16.3. The molecule has 4 rings (SSSR count). The van der Waals surface area contributed by atoms with Crippen LogP contribution in [0.15, 0.2) is 64.4 Å². The van der Waals surface area contributed by atoms with Crippen molar-refractivity contribution >= 4 is 26.7 Å². The van der Waals surface area contributed by atoms with Gasteiger partial charge in [0.1, 0.15) is 17.2 Å². The van der Waals surface area contributed by atoms with E-state index in [4.69, 9.17) is 4.74 Å². The molecule has 1 saturated heterocycles. The van der Waals surface area contributed by atoms with Gasteiger partial charge in [0.15, 0.2) is 0 Å². The lowest BCUT2D eigenvalue weighted by atomic mass is 10.0. The molecule has 1 N–H and O–H groups in total. The van der Waals surface area contributed by atoms with Gasteiger partial charge >= 0.3 is 0 Å². The summed E-state index contributed by atoms with van der Waals surface area (Å²) in [5.41, 5.74) is 0.390. The highest BCUT2D eigenvalue weighted by atomic mass is 32.2. The van der Waals surface area contributed by atoms with Crippen molar-refractivity contribution in [2.75, 3.05) is 20.2 Å². The molecule has 0 saturated carbocycles. The molecule has 1 aromatic heterocycles. The van der Waals surface area contributed by atoms with Gasteiger partial charge in [0.05, 0.1) is 7.11 Å². The van der Waals surface area contributed by atoms with E-state index in [0.717, 1.165) is 18.4 Å². The Kier molecular flexibility index (Phi) is 7.04. The lowest BCUT2D eigenvalue weighted by Gasteiger charge is -2.30. The van der Waals surface area contributed by atoms with Crippen LogP contribution in [0.1, 0.15) is 25.3 Å². The number of carbonyl (C=O) groups is 1. The SMILES string of the molecule is COc1ccccc1CNC(=O)Cn1cc(S(=O)(=O)N2CCC(C)CC2)c2ccccc2c1=O. The number of carbonyl (C=O) groups excluding carboxylic acids is 1. The number of nitrogens with zero attached hydrogens (tertiary/aromatic N) is 2. The summed E-state index contributed by atoms with van der Waals surface area (Å²) in [6.45, 7) is 2.93. The predicted molar refractivity (Wildman–Crippen MR) is 130 cm³/mol. The van der Waals surface area contributed by atoms with Crippen molar-refractivity contribution in [3.8, 4) is 5.75 Å². The van der Waals surface area contributed by atoms with Crippen molar-refractivity contribution in [2.45, 2.75) is 37.8 Å². The predicted octanol–water partition coefficient (Wildman–Crippen LogP) is 2.75. The number of benzene rings is 2. The normalized spacial score (nSPS) is 15.4. The maximum atomic E-state index is 13.5. The van der Waals surface area contributed by atoms with Crippen molar-refractivity contribution in [1.82, 2.24) is 14.2 Å². The second-order valence-electron chi connectivity index (χ2n) is 8.65. The maximum Gasteiger partial charge on any atom is 0.258 e. The Balaban J connectivity index is 1.64. The molecule has 1 aliphatic heterocycles. The average molecular weight is 484 g/mol. The van der Waals surface area contributed by atoms with Gasteiger partial charge in [0, 0.05) is 42.2 Å². The van der Waals surface area contributed by atoms with Gasteiger partial charge in [-0.3, -0.25) is 9.59 Å². The summed E-state index contributed by atoms with van der Waals surface area (Å²) in [6.07, 6.45) is 2.89. The first-order valence-corrected chi connectivity index (χ1v) is 12.8. The van der Waals surface area contributed by atoms with E-state index in [1.54, 1.807) is 37.4 Å². The van der Waals surface area contributed by atoms with Gasteiger partial charge in [-0.05, 0) is 30.9 Å². The van der Waals surface area contributed by atoms with E-state index >= 15 is 0 Å². The van der Waals surface area contributed by atoms with Crippen LogP contribution in [0, 0.1) is 5.92 Å². The molecule has 2 heterocycles. The van der Waals surface area contributed by atoms with E-state index < -0.39 is 21.5 Å². The number of fused-ring (bicyclic) bond motifs is 1. The van der Waals surface area contributed by atoms with Gasteiger partial charge in [-0.1, -0.05) is 43.3 Å². The Bertz CT molecular complexity index is 1360. The minimum Gasteiger partial charge on any atom is -0.496 e. The van der Waals surface area contributed by atoms with Crippen LogP contribution in [0.4, 0.5) is 0 Å². The summed E-state index contributed by atoms with van der Waals surface area (Å²) in [6, 6.07) is 14.0. The van der Waals surface area contributed by atoms with E-state index in [0.29, 0.717) is 30.1 Å². The number of para-hydroxylation sites is 1. The van der Waals surface area contributed by atoms with Gasteiger partial charge in [-0.25, -0.2) is 8.42 Å². The number of sulfonamides is 1. The minimum absolute atomic E-state index is 0.0507. The number of ether oxygens (including phenoxy) is 1. The molecule has 1 amide bonds. The fourth-order valence-electron chi connectivity index (χ4n) is 4.25. The fourth-order valence-corrected chi connectivity index (χ4v) is 5.94. The quantitative estimate of drug-likeness (QED) is 0.557. The number of methoxy groups -OCH3 is 1. The Morgan fingerprint density at radius 1 is 1.06 bits per heavy atom. The zero-order valence-corrected chi connectivity index (χ0v) is 20.2. The summed E-state index contributed by atoms with van der Waals surface area (Å²) in [5.74, 6) is 0.720. The molecule has 0 spiro atoms. The maximum absolute atomic E-state index is 13.5. The minimum atomic E-state index is -3.83. The van der Waals surface area contributed by atoms with Gasteiger partial charge in [-0.2, -0.15) is 4.31 Å². The van der Waals surface area contributed by atoms with Crippen molar-refractivity contribution in [1.29, 1.82) is 0 Å². The Hall–Kier alpha value is -3.17. The monoisotopic (exact) mass is 483 g/mol. The van der Waals surface area contributed by atoms with Crippen molar-refractivity contribution in [3.05, 3.63) is 70.6 Å². The number of hydrogen-bond acceptors (Lipinski definition) is 5. The zero-order chi connectivity index (χ0) is 24.3. The molecule has 0 aliphatic carbocycles. The molecule has 0 radical (unpaired) electrons. The molecule has 0 unspecified atom stereocenters. The Morgan fingerprint density at radius 3 is 2.41 bits per heavy atom. The summed E-state index contributed by atoms with van der Waals surface area (Å²) in [7, 11) is -2.27. The molecule has 0 bridgehead atoms. The smallest absolute Gasteiger partial charge is 0.258 e. The first kappa shape index (κ1) is 24.0. The lowest BCUT2D eigenvalue weighted by molar-refractivity contribution is -0.121. The molecule has 1 aliphatic rings. The van der Waals surface area contributed by atoms with Crippen LogP contribution in [-0.2, 0) is 27.9 Å². The fraction of sp³-hybridized carbons (Fsp3) is 0.360. The lowest BCUT2D eigenvalue weighted by Crippen LogP contribution is -2.39. The number of nitrogens with one attached hydrogen (secondary N) is 1. The van der Waals surface area contributed by atoms with E-state index in [1.165, 1.54) is 15.1 Å². The summed E-state index contributed by atoms with van der Waals surface area (Å²) in [4.78, 5) is 25.8. The van der Waals surface area contributed by atoms with Crippen LogP contribution >= 0.6 is 0 Å². The van der Waals surface area contributed by atoms with E-state index in [2.05, 4.69) is 12.2 Å². The zero-order valence-electron chi connectivity index (χ0n) is 19.4. The Morgan fingerprint density at radius 2 is 1.71 bits per heavy atom. The molecule has 3 aromatic rings. The second-order valence-corrected chi connectivity index (χ2v) is 10.6. The second kappa shape index (κ2) is 9.99. The summed E-state index contributed by atoms with van der Waals surface area (Å²) < 4.78 is 35.0. The third-order valence-corrected chi connectivity index (χ3v) is 8.23. The highest BCUT2D eigenvalue weighted by Crippen LogP contribution is 2.27. The first-order valence-electron chi connectivity index (χ1n) is 11.3. The van der Waals surface area contributed by atoms with Gasteiger partial charge in [0.25, 0.3) is 5.56 Å². The van der Waals surface area contributed by atoms with Crippen LogP contribution < -0.4 is 15.6 Å². The van der Waals surface area contributed by atoms with Crippen LogP contribution in [0.25, 0.3) is 10.8 Å². The van der Waals surface area contributed by atoms with Gasteiger partial charge in [0.2, 0.25) is 15.9 Å². The molecular formula is C25H29N3O5S. The topological polar surface area (TPSA) is 97.7 Å². The number of hydrogen-bond donors (Lipinski definition) is 1. The van der Waals surface area contributed by atoms with Crippen LogP contribution in [0.3, 0.4) is 0 Å². The van der Waals surface area contributed by atoms with E-state index in [9.17, 15) is 18.0 Å². The third-order valence-electron chi connectivity index (χ3n) is 6.30. The molecule has 0 atom stereocenters. The van der Waals surface area contributed by atoms with Crippen LogP contribution in [0.2, 0.25) is 0 Å². The number of amides is 1. The standard InChI is InChI=1S/C25H29N3O5S/c1-18-11-13-28(14-12-18)34(31,32)23-16-27(25(30)21-9-5-4-8-20(21)23)17-24(29)26-15-19-7-3-6-10-22(19)33-2/h3-10,16,18H,11-15,17H2,1-2H3,(H,26,29). The molecule has 2 aromatic carbocycles. The Labute approximate surface area is 199 Å². The largest absolute Gasteiger partial charge is 0.496 e.